The van der Waals surface area contributed by atoms with E-state index < -0.39 is 20.0 Å². The first-order chi connectivity index (χ1) is 12.3. The van der Waals surface area contributed by atoms with Gasteiger partial charge in [-0.1, -0.05) is 18.2 Å². The number of pyridine rings is 1. The molecule has 7 nitrogen and oxygen atoms in total. The lowest BCUT2D eigenvalue weighted by Gasteiger charge is -2.35. The molecule has 2 unspecified atom stereocenters. The van der Waals surface area contributed by atoms with Crippen LogP contribution in [0.2, 0.25) is 0 Å². The van der Waals surface area contributed by atoms with E-state index >= 15 is 0 Å². The van der Waals surface area contributed by atoms with E-state index in [-0.39, 0.29) is 25.8 Å². The predicted molar refractivity (Wildman–Crippen MR) is 102 cm³/mol. The lowest BCUT2D eigenvalue weighted by atomic mass is 10.2. The minimum absolute atomic E-state index is 0.0403. The molecule has 0 spiro atoms. The highest BCUT2D eigenvalue weighted by Crippen LogP contribution is 2.74. The standard InChI is InChI=1S/C17H27NO6P2/c1-4-7-8-12-17(19,26(22,23-5-2)24-6-3)25(20,21)15-11-16-9-13-18-14-10-16/h4,7-10,12-14,19H,5-6,11,15H2,1-3H3,(H,20,21). The fraction of sp³-hybridized carbons (Fsp3) is 0.471. The summed E-state index contributed by atoms with van der Waals surface area (Å²) in [7, 11) is -8.71. The minimum atomic E-state index is -4.40. The SMILES string of the molecule is CC=CC=CC(O)(P(=O)(O)CCc1ccncc1)P(=O)(OCC)OCC. The van der Waals surface area contributed by atoms with Crippen molar-refractivity contribution in [1.82, 2.24) is 4.98 Å². The summed E-state index contributed by atoms with van der Waals surface area (Å²) in [6, 6.07) is 3.42. The average molecular weight is 403 g/mol. The number of aryl methyl sites for hydroxylation is 1. The van der Waals surface area contributed by atoms with Gasteiger partial charge in [-0.3, -0.25) is 14.1 Å². The van der Waals surface area contributed by atoms with Crippen LogP contribution < -0.4 is 0 Å². The molecule has 0 aromatic carbocycles. The van der Waals surface area contributed by atoms with E-state index in [0.29, 0.717) is 0 Å². The number of aliphatic hydroxyl groups is 1. The normalized spacial score (nSPS) is 17.4. The molecule has 0 radical (unpaired) electrons. The second-order valence-electron chi connectivity index (χ2n) is 5.44. The smallest absolute Gasteiger partial charge is 0.366 e. The quantitative estimate of drug-likeness (QED) is 0.426. The molecule has 0 fully saturated rings. The Morgan fingerprint density at radius 1 is 1.15 bits per heavy atom. The molecule has 9 heteroatoms. The maximum Gasteiger partial charge on any atom is 0.376 e. The van der Waals surface area contributed by atoms with E-state index in [0.717, 1.165) is 11.6 Å². The second-order valence-corrected chi connectivity index (χ2v) is 10.5. The van der Waals surface area contributed by atoms with Crippen molar-refractivity contribution in [2.24, 2.45) is 0 Å². The van der Waals surface area contributed by atoms with Gasteiger partial charge in [-0.2, -0.15) is 0 Å². The van der Waals surface area contributed by atoms with E-state index in [1.807, 2.05) is 0 Å². The molecule has 0 saturated heterocycles. The van der Waals surface area contributed by atoms with Crippen molar-refractivity contribution in [2.45, 2.75) is 32.3 Å². The van der Waals surface area contributed by atoms with Gasteiger partial charge in [0.15, 0.2) is 0 Å². The largest absolute Gasteiger partial charge is 0.376 e. The Balaban J connectivity index is 3.28. The molecular formula is C17H27NO6P2. The number of rotatable bonds is 11. The van der Waals surface area contributed by atoms with Crippen LogP contribution in [0.4, 0.5) is 0 Å². The first-order valence-electron chi connectivity index (χ1n) is 8.39. The molecule has 1 rings (SSSR count). The fourth-order valence-electron chi connectivity index (χ4n) is 2.26. The molecule has 0 bridgehead atoms. The van der Waals surface area contributed by atoms with Crippen LogP contribution in [0.3, 0.4) is 0 Å². The van der Waals surface area contributed by atoms with Crippen LogP contribution >= 0.6 is 15.0 Å². The maximum atomic E-state index is 13.2. The zero-order chi connectivity index (χ0) is 19.7. The summed E-state index contributed by atoms with van der Waals surface area (Å²) in [6.07, 6.45) is 8.67. The third kappa shape index (κ3) is 5.46. The van der Waals surface area contributed by atoms with Crippen LogP contribution in [-0.4, -0.2) is 39.4 Å². The molecule has 1 aromatic heterocycles. The molecule has 1 aromatic rings. The summed E-state index contributed by atoms with van der Waals surface area (Å²) in [6.45, 7) is 4.81. The van der Waals surface area contributed by atoms with E-state index in [9.17, 15) is 19.1 Å². The van der Waals surface area contributed by atoms with Gasteiger partial charge < -0.3 is 19.0 Å². The third-order valence-electron chi connectivity index (χ3n) is 3.59. The molecule has 26 heavy (non-hydrogen) atoms. The third-order valence-corrected chi connectivity index (χ3v) is 9.42. The molecule has 2 N–H and O–H groups in total. The fourth-order valence-corrected chi connectivity index (χ4v) is 7.05. The molecule has 0 aliphatic carbocycles. The van der Waals surface area contributed by atoms with Gasteiger partial charge in [-0.05, 0) is 51.0 Å². The number of allylic oxidation sites excluding steroid dienone is 3. The highest BCUT2D eigenvalue weighted by Gasteiger charge is 2.59. The van der Waals surface area contributed by atoms with Crippen molar-refractivity contribution < 1.29 is 28.2 Å². The minimum Gasteiger partial charge on any atom is -0.366 e. The zero-order valence-electron chi connectivity index (χ0n) is 15.3. The van der Waals surface area contributed by atoms with Gasteiger partial charge in [0.05, 0.1) is 13.2 Å². The van der Waals surface area contributed by atoms with Gasteiger partial charge in [0.1, 0.15) is 0 Å². The summed E-state index contributed by atoms with van der Waals surface area (Å²) in [5.74, 6) is 0. The van der Waals surface area contributed by atoms with Crippen molar-refractivity contribution in [3.8, 4) is 0 Å². The molecule has 2 atom stereocenters. The number of aromatic nitrogens is 1. The summed E-state index contributed by atoms with van der Waals surface area (Å²) in [4.78, 5) is 14.6. The van der Waals surface area contributed by atoms with Crippen LogP contribution in [0.25, 0.3) is 0 Å². The Hall–Kier alpha value is -1.07. The monoisotopic (exact) mass is 403 g/mol. The molecule has 0 aliphatic heterocycles. The summed E-state index contributed by atoms with van der Waals surface area (Å²) >= 11 is 0. The molecule has 0 amide bonds. The number of hydrogen-bond acceptors (Lipinski definition) is 6. The lowest BCUT2D eigenvalue weighted by molar-refractivity contribution is 0.141. The van der Waals surface area contributed by atoms with Gasteiger partial charge in [0.25, 0.3) is 5.08 Å². The van der Waals surface area contributed by atoms with Gasteiger partial charge in [0.2, 0.25) is 7.37 Å². The molecular weight excluding hydrogens is 376 g/mol. The van der Waals surface area contributed by atoms with Crippen molar-refractivity contribution in [3.05, 3.63) is 54.4 Å². The Morgan fingerprint density at radius 2 is 1.73 bits per heavy atom. The van der Waals surface area contributed by atoms with Gasteiger partial charge >= 0.3 is 7.60 Å². The topological polar surface area (TPSA) is 106 Å². The molecule has 0 saturated carbocycles. The van der Waals surface area contributed by atoms with Crippen molar-refractivity contribution in [1.29, 1.82) is 0 Å². The van der Waals surface area contributed by atoms with E-state index in [1.165, 1.54) is 6.08 Å². The lowest BCUT2D eigenvalue weighted by Crippen LogP contribution is -2.30. The highest BCUT2D eigenvalue weighted by atomic mass is 31.2. The van der Waals surface area contributed by atoms with Crippen LogP contribution in [0.1, 0.15) is 26.3 Å². The van der Waals surface area contributed by atoms with Crippen LogP contribution in [0, 0.1) is 0 Å². The number of nitrogens with zero attached hydrogens (tertiary/aromatic N) is 1. The van der Waals surface area contributed by atoms with Crippen LogP contribution in [-0.2, 0) is 24.6 Å². The van der Waals surface area contributed by atoms with Crippen molar-refractivity contribution in [3.63, 3.8) is 0 Å². The molecule has 1 heterocycles. The zero-order valence-corrected chi connectivity index (χ0v) is 17.1. The second kappa shape index (κ2) is 10.3. The summed E-state index contributed by atoms with van der Waals surface area (Å²) < 4.78 is 36.6. The Morgan fingerprint density at radius 3 is 2.23 bits per heavy atom. The predicted octanol–water partition coefficient (Wildman–Crippen LogP) is 3.94. The van der Waals surface area contributed by atoms with Gasteiger partial charge in [-0.15, -0.1) is 0 Å². The van der Waals surface area contributed by atoms with Gasteiger partial charge in [-0.25, -0.2) is 0 Å². The molecule has 146 valence electrons. The van der Waals surface area contributed by atoms with E-state index in [1.54, 1.807) is 57.4 Å². The summed E-state index contributed by atoms with van der Waals surface area (Å²) in [5.41, 5.74) is 0.775. The Bertz CT molecular complexity index is 696. The number of hydrogen-bond donors (Lipinski definition) is 2. The van der Waals surface area contributed by atoms with Crippen molar-refractivity contribution >= 4 is 15.0 Å². The van der Waals surface area contributed by atoms with E-state index in [2.05, 4.69) is 4.98 Å². The van der Waals surface area contributed by atoms with Gasteiger partial charge in [0, 0.05) is 18.6 Å². The van der Waals surface area contributed by atoms with Crippen LogP contribution in [0.15, 0.2) is 48.8 Å². The first kappa shape index (κ1) is 23.0. The maximum absolute atomic E-state index is 13.2. The molecule has 0 aliphatic rings. The highest BCUT2D eigenvalue weighted by molar-refractivity contribution is 7.76. The first-order valence-corrected chi connectivity index (χ1v) is 11.8. The Kier molecular flexibility index (Phi) is 9.11. The van der Waals surface area contributed by atoms with E-state index in [4.69, 9.17) is 9.05 Å². The summed E-state index contributed by atoms with van der Waals surface area (Å²) in [5, 5.41) is 8.43. The average Bonchev–Trinajstić information content (AvgIpc) is 2.61. The Labute approximate surface area is 154 Å². The van der Waals surface area contributed by atoms with Crippen LogP contribution in [0.5, 0.6) is 0 Å². The van der Waals surface area contributed by atoms with Crippen molar-refractivity contribution in [2.75, 3.05) is 19.4 Å².